The van der Waals surface area contributed by atoms with Gasteiger partial charge in [-0.15, -0.1) is 0 Å². The van der Waals surface area contributed by atoms with Crippen LogP contribution in [-0.4, -0.2) is 19.6 Å². The fraction of sp³-hybridized carbons (Fsp3) is 0.600. The molecule has 17 heavy (non-hydrogen) atoms. The zero-order chi connectivity index (χ0) is 12.6. The van der Waals surface area contributed by atoms with E-state index in [-0.39, 0.29) is 5.54 Å². The molecule has 2 rings (SSSR count). The molecular formula is C15H24N2. The van der Waals surface area contributed by atoms with Gasteiger partial charge < -0.3 is 10.6 Å². The van der Waals surface area contributed by atoms with Gasteiger partial charge in [0.2, 0.25) is 0 Å². The first-order valence-corrected chi connectivity index (χ1v) is 6.49. The Labute approximate surface area is 105 Å². The molecule has 2 nitrogen and oxygen atoms in total. The number of aryl methyl sites for hydroxylation is 2. The molecule has 0 amide bonds. The Kier molecular flexibility index (Phi) is 3.28. The zero-order valence-corrected chi connectivity index (χ0v) is 11.7. The summed E-state index contributed by atoms with van der Waals surface area (Å²) in [4.78, 5) is 0. The van der Waals surface area contributed by atoms with Gasteiger partial charge in [0.1, 0.15) is 0 Å². The van der Waals surface area contributed by atoms with Gasteiger partial charge in [-0.05, 0) is 62.4 Å². The van der Waals surface area contributed by atoms with Crippen LogP contribution in [0.1, 0.15) is 34.7 Å². The largest absolute Gasteiger partial charge is 0.313 e. The molecule has 1 heterocycles. The summed E-state index contributed by atoms with van der Waals surface area (Å²) < 4.78 is 0. The van der Waals surface area contributed by atoms with E-state index in [1.807, 2.05) is 0 Å². The molecule has 0 radical (unpaired) electrons. The van der Waals surface area contributed by atoms with Crippen molar-refractivity contribution in [2.24, 2.45) is 0 Å². The number of hydrogen-bond acceptors (Lipinski definition) is 2. The quantitative estimate of drug-likeness (QED) is 0.776. The van der Waals surface area contributed by atoms with Crippen molar-refractivity contribution in [3.05, 3.63) is 33.9 Å². The van der Waals surface area contributed by atoms with Gasteiger partial charge in [-0.2, -0.15) is 0 Å². The van der Waals surface area contributed by atoms with E-state index in [1.165, 1.54) is 27.8 Å². The van der Waals surface area contributed by atoms with Crippen LogP contribution >= 0.6 is 0 Å². The summed E-state index contributed by atoms with van der Waals surface area (Å²) in [6.45, 7) is 14.4. The van der Waals surface area contributed by atoms with Crippen LogP contribution in [0, 0.1) is 27.7 Å². The SMILES string of the molecule is Cc1cc(C)c(C)c(C2(C)CNCCN2)c1C. The van der Waals surface area contributed by atoms with Crippen molar-refractivity contribution in [3.8, 4) is 0 Å². The topological polar surface area (TPSA) is 24.1 Å². The summed E-state index contributed by atoms with van der Waals surface area (Å²) in [5.74, 6) is 0. The van der Waals surface area contributed by atoms with Crippen molar-refractivity contribution in [1.29, 1.82) is 0 Å². The summed E-state index contributed by atoms with van der Waals surface area (Å²) in [6.07, 6.45) is 0. The Morgan fingerprint density at radius 2 is 1.59 bits per heavy atom. The molecule has 1 aromatic rings. The molecule has 0 aliphatic carbocycles. The lowest BCUT2D eigenvalue weighted by atomic mass is 9.81. The number of rotatable bonds is 1. The number of nitrogens with one attached hydrogen (secondary N) is 2. The van der Waals surface area contributed by atoms with E-state index < -0.39 is 0 Å². The third-order valence-corrected chi connectivity index (χ3v) is 4.21. The smallest absolute Gasteiger partial charge is 0.0538 e. The predicted octanol–water partition coefficient (Wildman–Crippen LogP) is 2.33. The van der Waals surface area contributed by atoms with Crippen molar-refractivity contribution in [2.75, 3.05) is 19.6 Å². The van der Waals surface area contributed by atoms with Gasteiger partial charge >= 0.3 is 0 Å². The molecule has 94 valence electrons. The van der Waals surface area contributed by atoms with Gasteiger partial charge in [0.05, 0.1) is 5.54 Å². The molecule has 1 aliphatic heterocycles. The Bertz CT molecular complexity index is 403. The normalized spacial score (nSPS) is 25.0. The highest BCUT2D eigenvalue weighted by molar-refractivity contribution is 5.48. The van der Waals surface area contributed by atoms with E-state index in [4.69, 9.17) is 0 Å². The van der Waals surface area contributed by atoms with E-state index in [1.54, 1.807) is 0 Å². The first-order chi connectivity index (χ1) is 7.96. The minimum absolute atomic E-state index is 0.0726. The molecule has 0 spiro atoms. The Morgan fingerprint density at radius 3 is 2.06 bits per heavy atom. The van der Waals surface area contributed by atoms with Crippen LogP contribution in [0.3, 0.4) is 0 Å². The van der Waals surface area contributed by atoms with Gasteiger partial charge in [0.25, 0.3) is 0 Å². The zero-order valence-electron chi connectivity index (χ0n) is 11.7. The maximum Gasteiger partial charge on any atom is 0.0538 e. The summed E-state index contributed by atoms with van der Waals surface area (Å²) in [6, 6.07) is 2.30. The molecule has 1 fully saturated rings. The summed E-state index contributed by atoms with van der Waals surface area (Å²) in [5, 5.41) is 7.19. The van der Waals surface area contributed by atoms with Gasteiger partial charge in [0, 0.05) is 19.6 Å². The second kappa shape index (κ2) is 4.43. The molecule has 1 aromatic carbocycles. The fourth-order valence-electron chi connectivity index (χ4n) is 3.05. The van der Waals surface area contributed by atoms with Crippen LogP contribution in [-0.2, 0) is 5.54 Å². The van der Waals surface area contributed by atoms with Crippen LogP contribution in [0.25, 0.3) is 0 Å². The van der Waals surface area contributed by atoms with Gasteiger partial charge in [-0.3, -0.25) is 0 Å². The van der Waals surface area contributed by atoms with Crippen LogP contribution in [0.4, 0.5) is 0 Å². The highest BCUT2D eigenvalue weighted by Crippen LogP contribution is 2.31. The molecule has 1 aliphatic rings. The van der Waals surface area contributed by atoms with Crippen LogP contribution < -0.4 is 10.6 Å². The van der Waals surface area contributed by atoms with Gasteiger partial charge in [-0.1, -0.05) is 6.07 Å². The molecule has 0 saturated carbocycles. The van der Waals surface area contributed by atoms with Crippen LogP contribution in [0.2, 0.25) is 0 Å². The third-order valence-electron chi connectivity index (χ3n) is 4.21. The van der Waals surface area contributed by atoms with Crippen molar-refractivity contribution in [1.82, 2.24) is 10.6 Å². The van der Waals surface area contributed by atoms with Gasteiger partial charge in [-0.25, -0.2) is 0 Å². The van der Waals surface area contributed by atoms with Crippen molar-refractivity contribution >= 4 is 0 Å². The second-order valence-electron chi connectivity index (χ2n) is 5.57. The van der Waals surface area contributed by atoms with E-state index in [2.05, 4.69) is 51.3 Å². The van der Waals surface area contributed by atoms with E-state index in [0.29, 0.717) is 0 Å². The minimum atomic E-state index is 0.0726. The molecule has 1 atom stereocenters. The van der Waals surface area contributed by atoms with Crippen molar-refractivity contribution in [2.45, 2.75) is 40.2 Å². The highest BCUT2D eigenvalue weighted by Gasteiger charge is 2.31. The third kappa shape index (κ3) is 2.12. The number of hydrogen-bond donors (Lipinski definition) is 2. The van der Waals surface area contributed by atoms with E-state index in [9.17, 15) is 0 Å². The van der Waals surface area contributed by atoms with Gasteiger partial charge in [0.15, 0.2) is 0 Å². The lowest BCUT2D eigenvalue weighted by Crippen LogP contribution is -2.55. The Hall–Kier alpha value is -0.860. The summed E-state index contributed by atoms with van der Waals surface area (Å²) in [7, 11) is 0. The summed E-state index contributed by atoms with van der Waals surface area (Å²) >= 11 is 0. The predicted molar refractivity (Wildman–Crippen MR) is 73.6 cm³/mol. The van der Waals surface area contributed by atoms with Crippen molar-refractivity contribution < 1.29 is 0 Å². The number of piperazine rings is 1. The molecule has 1 unspecified atom stereocenters. The van der Waals surface area contributed by atoms with Crippen LogP contribution in [0.15, 0.2) is 6.07 Å². The monoisotopic (exact) mass is 232 g/mol. The Morgan fingerprint density at radius 1 is 1.00 bits per heavy atom. The second-order valence-corrected chi connectivity index (χ2v) is 5.57. The molecule has 0 bridgehead atoms. The van der Waals surface area contributed by atoms with E-state index in [0.717, 1.165) is 19.6 Å². The first kappa shape index (κ1) is 12.6. The molecule has 2 heteroatoms. The first-order valence-electron chi connectivity index (χ1n) is 6.49. The summed E-state index contributed by atoms with van der Waals surface area (Å²) in [5.41, 5.74) is 7.23. The molecule has 1 saturated heterocycles. The standard InChI is InChI=1S/C15H24N2/c1-10-8-11(2)13(4)14(12(10)3)15(5)9-16-6-7-17-15/h8,16-17H,6-7,9H2,1-5H3. The fourth-order valence-corrected chi connectivity index (χ4v) is 3.05. The lowest BCUT2D eigenvalue weighted by Gasteiger charge is -2.39. The average molecular weight is 232 g/mol. The number of benzene rings is 1. The van der Waals surface area contributed by atoms with E-state index >= 15 is 0 Å². The van der Waals surface area contributed by atoms with Crippen LogP contribution in [0.5, 0.6) is 0 Å². The molecular weight excluding hydrogens is 208 g/mol. The highest BCUT2D eigenvalue weighted by atomic mass is 15.1. The maximum atomic E-state index is 3.69. The molecule has 2 N–H and O–H groups in total. The lowest BCUT2D eigenvalue weighted by molar-refractivity contribution is 0.300. The molecule has 0 aromatic heterocycles. The maximum absolute atomic E-state index is 3.69. The Balaban J connectivity index is 2.57. The van der Waals surface area contributed by atoms with Crippen molar-refractivity contribution in [3.63, 3.8) is 0 Å². The minimum Gasteiger partial charge on any atom is -0.313 e. The average Bonchev–Trinajstić information content (AvgIpc) is 2.27.